The number of amides is 1. The largest absolute Gasteiger partial charge is 0.506 e. The second-order valence-electron chi connectivity index (χ2n) is 5.34. The summed E-state index contributed by atoms with van der Waals surface area (Å²) in [6.45, 7) is 1.83. The Balaban J connectivity index is 2.02. The number of primary amides is 1. The van der Waals surface area contributed by atoms with Crippen molar-refractivity contribution < 1.29 is 18.3 Å². The van der Waals surface area contributed by atoms with Crippen LogP contribution in [0.3, 0.4) is 0 Å². The molecule has 0 radical (unpaired) electrons. The molecule has 0 aliphatic carbocycles. The number of hydrogen-bond donors (Lipinski definition) is 4. The molecule has 0 spiro atoms. The smallest absolute Gasteiger partial charge is 0.261 e. The Bertz CT molecular complexity index is 1110. The number of nitrogens with two attached hydrogens (primary N) is 1. The van der Waals surface area contributed by atoms with Gasteiger partial charge in [0.05, 0.1) is 32.4 Å². The zero-order valence-corrected chi connectivity index (χ0v) is 14.4. The van der Waals surface area contributed by atoms with Gasteiger partial charge in [-0.25, -0.2) is 8.42 Å². The van der Waals surface area contributed by atoms with E-state index in [4.69, 9.17) is 17.3 Å². The summed E-state index contributed by atoms with van der Waals surface area (Å²) in [7, 11) is -4.06. The van der Waals surface area contributed by atoms with Crippen LogP contribution in [0.2, 0.25) is 5.02 Å². The maximum atomic E-state index is 12.6. The molecule has 1 amide bonds. The van der Waals surface area contributed by atoms with Gasteiger partial charge in [-0.1, -0.05) is 11.6 Å². The van der Waals surface area contributed by atoms with E-state index in [1.54, 1.807) is 18.2 Å². The molecule has 8 nitrogen and oxygen atoms in total. The molecule has 0 aliphatic rings. The SMILES string of the molecule is Cc1n[nH]c2cc(NS(=O)(=O)c3cc(Cl)c(O)c(C(N)=O)c3)ccc12. The average Bonchev–Trinajstić information content (AvgIpc) is 2.89. The number of nitrogens with zero attached hydrogens (tertiary/aromatic N) is 1. The van der Waals surface area contributed by atoms with Gasteiger partial charge in [-0.3, -0.25) is 14.6 Å². The number of anilines is 1. The number of H-pyrrole nitrogens is 1. The fourth-order valence-corrected chi connectivity index (χ4v) is 3.74. The number of rotatable bonds is 4. The van der Waals surface area contributed by atoms with Gasteiger partial charge in [0.1, 0.15) is 5.75 Å². The van der Waals surface area contributed by atoms with E-state index in [0.29, 0.717) is 11.2 Å². The molecule has 3 aromatic rings. The van der Waals surface area contributed by atoms with Gasteiger partial charge in [0.25, 0.3) is 15.9 Å². The third-order valence-corrected chi connectivity index (χ3v) is 5.27. The minimum atomic E-state index is -4.06. The van der Waals surface area contributed by atoms with Gasteiger partial charge in [0.15, 0.2) is 0 Å². The van der Waals surface area contributed by atoms with E-state index in [1.165, 1.54) is 0 Å². The lowest BCUT2D eigenvalue weighted by molar-refractivity contribution is 0.0997. The van der Waals surface area contributed by atoms with Gasteiger partial charge in [-0.05, 0) is 37.3 Å². The number of aromatic hydroxyl groups is 1. The van der Waals surface area contributed by atoms with E-state index in [2.05, 4.69) is 14.9 Å². The first kappa shape index (κ1) is 17.1. The normalized spacial score (nSPS) is 11.6. The third kappa shape index (κ3) is 3.11. The molecule has 3 rings (SSSR count). The number of hydrogen-bond acceptors (Lipinski definition) is 5. The summed E-state index contributed by atoms with van der Waals surface area (Å²) in [5.74, 6) is -1.56. The van der Waals surface area contributed by atoms with Crippen molar-refractivity contribution in [2.45, 2.75) is 11.8 Å². The summed E-state index contributed by atoms with van der Waals surface area (Å²) in [5, 5.41) is 17.1. The van der Waals surface area contributed by atoms with Crippen molar-refractivity contribution in [1.29, 1.82) is 0 Å². The number of aromatic amines is 1. The summed E-state index contributed by atoms with van der Waals surface area (Å²) in [5.41, 5.74) is 6.50. The van der Waals surface area contributed by atoms with Crippen molar-refractivity contribution >= 4 is 44.1 Å². The van der Waals surface area contributed by atoms with E-state index >= 15 is 0 Å². The number of carbonyl (C=O) groups is 1. The number of aryl methyl sites for hydroxylation is 1. The molecule has 0 fully saturated rings. The van der Waals surface area contributed by atoms with Crippen molar-refractivity contribution in [2.75, 3.05) is 4.72 Å². The molecule has 5 N–H and O–H groups in total. The third-order valence-electron chi connectivity index (χ3n) is 3.62. The minimum absolute atomic E-state index is 0.293. The van der Waals surface area contributed by atoms with Gasteiger partial charge >= 0.3 is 0 Å². The fourth-order valence-electron chi connectivity index (χ4n) is 2.35. The van der Waals surface area contributed by atoms with Crippen LogP contribution >= 0.6 is 11.6 Å². The highest BCUT2D eigenvalue weighted by Gasteiger charge is 2.21. The van der Waals surface area contributed by atoms with Crippen molar-refractivity contribution in [1.82, 2.24) is 10.2 Å². The average molecular weight is 381 g/mol. The highest BCUT2D eigenvalue weighted by atomic mass is 35.5. The monoisotopic (exact) mass is 380 g/mol. The first-order valence-corrected chi connectivity index (χ1v) is 8.85. The molecule has 0 saturated heterocycles. The summed E-state index contributed by atoms with van der Waals surface area (Å²) in [6, 6.07) is 6.89. The number of sulfonamides is 1. The number of fused-ring (bicyclic) bond motifs is 1. The Morgan fingerprint density at radius 3 is 2.72 bits per heavy atom. The van der Waals surface area contributed by atoms with E-state index in [-0.39, 0.29) is 15.5 Å². The number of phenols is 1. The molecule has 2 aromatic carbocycles. The molecule has 130 valence electrons. The first-order chi connectivity index (χ1) is 11.7. The second-order valence-corrected chi connectivity index (χ2v) is 7.43. The number of carbonyl (C=O) groups excluding carboxylic acids is 1. The molecule has 10 heteroatoms. The Morgan fingerprint density at radius 1 is 1.32 bits per heavy atom. The van der Waals surface area contributed by atoms with Crippen LogP contribution < -0.4 is 10.5 Å². The number of aromatic nitrogens is 2. The Hall–Kier alpha value is -2.78. The van der Waals surface area contributed by atoms with Crippen LogP contribution in [0.5, 0.6) is 5.75 Å². The fraction of sp³-hybridized carbons (Fsp3) is 0.0667. The van der Waals surface area contributed by atoms with Crippen LogP contribution in [0.4, 0.5) is 5.69 Å². The summed E-state index contributed by atoms with van der Waals surface area (Å²) < 4.78 is 27.5. The zero-order chi connectivity index (χ0) is 18.4. The van der Waals surface area contributed by atoms with Crippen molar-refractivity contribution in [2.24, 2.45) is 5.73 Å². The summed E-state index contributed by atoms with van der Waals surface area (Å²) >= 11 is 5.79. The molecule has 0 aliphatic heterocycles. The van der Waals surface area contributed by atoms with Crippen molar-refractivity contribution in [3.05, 3.63) is 46.6 Å². The number of halogens is 1. The van der Waals surface area contributed by atoms with E-state index < -0.39 is 21.7 Å². The molecule has 0 bridgehead atoms. The quantitative estimate of drug-likeness (QED) is 0.549. The molecule has 0 atom stereocenters. The van der Waals surface area contributed by atoms with Crippen LogP contribution in [0.25, 0.3) is 10.9 Å². The highest BCUT2D eigenvalue weighted by Crippen LogP contribution is 2.31. The van der Waals surface area contributed by atoms with Crippen molar-refractivity contribution in [3.63, 3.8) is 0 Å². The molecular formula is C15H13ClN4O4S. The predicted octanol–water partition coefficient (Wildman–Crippen LogP) is 2.13. The highest BCUT2D eigenvalue weighted by molar-refractivity contribution is 7.92. The first-order valence-electron chi connectivity index (χ1n) is 6.99. The maximum absolute atomic E-state index is 12.6. The van der Waals surface area contributed by atoms with Crippen LogP contribution in [-0.2, 0) is 10.0 Å². The lowest BCUT2D eigenvalue weighted by Crippen LogP contribution is -2.16. The lowest BCUT2D eigenvalue weighted by atomic mass is 10.2. The van der Waals surface area contributed by atoms with Gasteiger partial charge in [-0.2, -0.15) is 5.10 Å². The van der Waals surface area contributed by atoms with Gasteiger partial charge < -0.3 is 10.8 Å². The molecular weight excluding hydrogens is 368 g/mol. The lowest BCUT2D eigenvalue weighted by Gasteiger charge is -2.11. The summed E-state index contributed by atoms with van der Waals surface area (Å²) in [4.78, 5) is 11.0. The molecule has 1 aromatic heterocycles. The Morgan fingerprint density at radius 2 is 2.04 bits per heavy atom. The molecule has 0 unspecified atom stereocenters. The Kier molecular flexibility index (Phi) is 4.05. The Labute approximate surface area is 147 Å². The van der Waals surface area contributed by atoms with Crippen LogP contribution in [0.15, 0.2) is 35.2 Å². The number of benzene rings is 2. The standard InChI is InChI=1S/C15H13ClN4O4S/c1-7-10-3-2-8(4-13(10)19-18-7)20-25(23,24)9-5-11(15(17)22)14(21)12(16)6-9/h2-6,20-21H,1H3,(H2,17,22)(H,18,19). The molecule has 1 heterocycles. The van der Waals surface area contributed by atoms with Crippen LogP contribution in [0, 0.1) is 6.92 Å². The summed E-state index contributed by atoms with van der Waals surface area (Å²) in [6.07, 6.45) is 0. The number of nitrogens with one attached hydrogen (secondary N) is 2. The predicted molar refractivity (Wildman–Crippen MR) is 93.3 cm³/mol. The minimum Gasteiger partial charge on any atom is -0.506 e. The topological polar surface area (TPSA) is 138 Å². The van der Waals surface area contributed by atoms with Gasteiger partial charge in [0.2, 0.25) is 0 Å². The van der Waals surface area contributed by atoms with Crippen LogP contribution in [-0.4, -0.2) is 29.6 Å². The van der Waals surface area contributed by atoms with E-state index in [0.717, 1.165) is 23.2 Å². The maximum Gasteiger partial charge on any atom is 0.261 e. The zero-order valence-electron chi connectivity index (χ0n) is 12.9. The molecule has 0 saturated carbocycles. The van der Waals surface area contributed by atoms with Crippen LogP contribution in [0.1, 0.15) is 16.1 Å². The van der Waals surface area contributed by atoms with Crippen molar-refractivity contribution in [3.8, 4) is 5.75 Å². The molecule has 25 heavy (non-hydrogen) atoms. The van der Waals surface area contributed by atoms with E-state index in [9.17, 15) is 18.3 Å². The second kappa shape index (κ2) is 5.94. The van der Waals surface area contributed by atoms with Gasteiger partial charge in [0, 0.05) is 5.39 Å². The van der Waals surface area contributed by atoms with Gasteiger partial charge in [-0.15, -0.1) is 0 Å². The van der Waals surface area contributed by atoms with E-state index in [1.807, 2.05) is 6.92 Å².